The Bertz CT molecular complexity index is 809. The third-order valence-corrected chi connectivity index (χ3v) is 7.64. The summed E-state index contributed by atoms with van der Waals surface area (Å²) in [6, 6.07) is 6.06. The van der Waals surface area contributed by atoms with Crippen LogP contribution < -0.4 is 5.32 Å². The van der Waals surface area contributed by atoms with E-state index < -0.39 is 6.10 Å². The highest BCUT2D eigenvalue weighted by Crippen LogP contribution is 2.31. The molecule has 2 aliphatic rings. The molecule has 146 valence electrons. The predicted octanol–water partition coefficient (Wildman–Crippen LogP) is 2.86. The summed E-state index contributed by atoms with van der Waals surface area (Å²) in [6.07, 6.45) is 0.547. The van der Waals surface area contributed by atoms with Crippen molar-refractivity contribution in [1.29, 1.82) is 0 Å². The Balaban J connectivity index is 1.57. The lowest BCUT2D eigenvalue weighted by Gasteiger charge is -2.28. The predicted molar refractivity (Wildman–Crippen MR) is 121 cm³/mol. The monoisotopic (exact) mass is 518 g/mol. The maximum absolute atomic E-state index is 10.7. The summed E-state index contributed by atoms with van der Waals surface area (Å²) in [4.78, 5) is 2.36. The molecular weight excluding hydrogens is 495 g/mol. The molecule has 5 nitrogen and oxygen atoms in total. The van der Waals surface area contributed by atoms with Gasteiger partial charge in [-0.15, -0.1) is 0 Å². The van der Waals surface area contributed by atoms with E-state index in [-0.39, 0.29) is 0 Å². The molecule has 2 aliphatic heterocycles. The van der Waals surface area contributed by atoms with Crippen LogP contribution in [0.15, 0.2) is 18.2 Å². The normalized spacial score (nSPS) is 19.1. The number of hydrogen-bond acceptors (Lipinski definition) is 5. The Labute approximate surface area is 183 Å². The van der Waals surface area contributed by atoms with Crippen LogP contribution >= 0.6 is 46.0 Å². The molecule has 1 fully saturated rings. The van der Waals surface area contributed by atoms with Crippen LogP contribution in [0.5, 0.6) is 0 Å². The zero-order valence-corrected chi connectivity index (χ0v) is 18.9. The number of aromatic nitrogens is 2. The quantitative estimate of drug-likeness (QED) is 0.596. The number of fused-ring (bicyclic) bond motifs is 1. The molecule has 0 bridgehead atoms. The number of aliphatic hydroxyl groups excluding tert-OH is 1. The first-order chi connectivity index (χ1) is 13.1. The lowest BCUT2D eigenvalue weighted by atomic mass is 10.0. The highest BCUT2D eigenvalue weighted by Gasteiger charge is 2.24. The number of aliphatic hydroxyl groups is 1. The van der Waals surface area contributed by atoms with Gasteiger partial charge in [0.2, 0.25) is 0 Å². The van der Waals surface area contributed by atoms with Crippen LogP contribution in [0.3, 0.4) is 0 Å². The van der Waals surface area contributed by atoms with Gasteiger partial charge in [-0.3, -0.25) is 9.58 Å². The number of rotatable bonds is 5. The molecule has 1 aromatic heterocycles. The maximum Gasteiger partial charge on any atom is 0.0971 e. The first-order valence-corrected chi connectivity index (χ1v) is 12.0. The van der Waals surface area contributed by atoms with Crippen molar-refractivity contribution in [2.45, 2.75) is 25.6 Å². The van der Waals surface area contributed by atoms with E-state index >= 15 is 0 Å². The second-order valence-corrected chi connectivity index (χ2v) is 9.87. The Morgan fingerprint density at radius 3 is 2.89 bits per heavy atom. The molecule has 0 spiro atoms. The van der Waals surface area contributed by atoms with Gasteiger partial charge in [-0.25, -0.2) is 0 Å². The van der Waals surface area contributed by atoms with Crippen molar-refractivity contribution in [3.63, 3.8) is 0 Å². The average Bonchev–Trinajstić information content (AvgIpc) is 3.03. The molecule has 0 aliphatic carbocycles. The average molecular weight is 519 g/mol. The summed E-state index contributed by atoms with van der Waals surface area (Å²) in [5, 5.41) is 19.8. The van der Waals surface area contributed by atoms with E-state index in [9.17, 15) is 5.11 Å². The number of nitrogens with one attached hydrogen (secondary N) is 1. The first kappa shape index (κ1) is 20.0. The highest BCUT2D eigenvalue weighted by molar-refractivity contribution is 14.1. The number of halogens is 2. The van der Waals surface area contributed by atoms with Crippen LogP contribution in [-0.2, 0) is 19.5 Å². The Hall–Kier alpha value is -0.320. The summed E-state index contributed by atoms with van der Waals surface area (Å²) in [5.74, 6) is 2.32. The molecule has 2 N–H and O–H groups in total. The van der Waals surface area contributed by atoms with E-state index in [2.05, 4.69) is 38.9 Å². The van der Waals surface area contributed by atoms with Gasteiger partial charge in [0, 0.05) is 71.0 Å². The molecule has 4 rings (SSSR count). The van der Waals surface area contributed by atoms with E-state index in [1.807, 2.05) is 28.6 Å². The van der Waals surface area contributed by atoms with Crippen molar-refractivity contribution in [1.82, 2.24) is 20.0 Å². The van der Waals surface area contributed by atoms with E-state index in [0.717, 1.165) is 70.5 Å². The Morgan fingerprint density at radius 2 is 2.11 bits per heavy atom. The number of benzene rings is 1. The van der Waals surface area contributed by atoms with Crippen molar-refractivity contribution in [3.05, 3.63) is 38.0 Å². The molecule has 0 saturated carbocycles. The van der Waals surface area contributed by atoms with E-state index in [1.54, 1.807) is 0 Å². The van der Waals surface area contributed by atoms with E-state index in [1.165, 1.54) is 11.3 Å². The number of nitrogens with zero attached hydrogens (tertiary/aromatic N) is 3. The molecule has 1 aromatic carbocycles. The molecule has 2 aromatic rings. The largest absolute Gasteiger partial charge is 0.390 e. The van der Waals surface area contributed by atoms with Gasteiger partial charge in [0.15, 0.2) is 0 Å². The minimum atomic E-state index is -0.398. The minimum Gasteiger partial charge on any atom is -0.390 e. The van der Waals surface area contributed by atoms with Crippen LogP contribution in [0.2, 0.25) is 5.02 Å². The topological polar surface area (TPSA) is 53.3 Å². The summed E-state index contributed by atoms with van der Waals surface area (Å²) < 4.78 is 3.07. The van der Waals surface area contributed by atoms with Gasteiger partial charge in [-0.2, -0.15) is 16.9 Å². The second kappa shape index (κ2) is 9.00. The fourth-order valence-electron chi connectivity index (χ4n) is 3.79. The van der Waals surface area contributed by atoms with Gasteiger partial charge in [-0.1, -0.05) is 17.7 Å². The van der Waals surface area contributed by atoms with Crippen molar-refractivity contribution < 1.29 is 5.11 Å². The van der Waals surface area contributed by atoms with Crippen LogP contribution in [0.1, 0.15) is 11.3 Å². The molecule has 1 saturated heterocycles. The van der Waals surface area contributed by atoms with E-state index in [4.69, 9.17) is 16.7 Å². The lowest BCUT2D eigenvalue weighted by Crippen LogP contribution is -2.40. The zero-order chi connectivity index (χ0) is 18.8. The third-order valence-electron chi connectivity index (χ3n) is 5.16. The summed E-state index contributed by atoms with van der Waals surface area (Å²) in [6.45, 7) is 5.19. The molecule has 0 radical (unpaired) electrons. The molecule has 1 unspecified atom stereocenters. The fraction of sp³-hybridized carbons (Fsp3) is 0.526. The Kier molecular flexibility index (Phi) is 6.66. The number of thioether (sulfide) groups is 1. The zero-order valence-electron chi connectivity index (χ0n) is 15.1. The standard InChI is InChI=1S/C19H24ClIN4OS/c20-16-2-1-13(9-17(16)21)19-15-10-22-4-3-18(15)25(23-19)12-14(26)11-24-5-7-27-8-6-24/h1-2,9,14,22,26H,3-8,10-12H2. The van der Waals surface area contributed by atoms with Gasteiger partial charge >= 0.3 is 0 Å². The van der Waals surface area contributed by atoms with Crippen LogP contribution in [0, 0.1) is 3.57 Å². The molecule has 0 amide bonds. The van der Waals surface area contributed by atoms with Crippen molar-refractivity contribution >= 4 is 46.0 Å². The number of hydrogen-bond donors (Lipinski definition) is 2. The first-order valence-electron chi connectivity index (χ1n) is 9.34. The fourth-order valence-corrected chi connectivity index (χ4v) is 5.40. The maximum atomic E-state index is 10.7. The van der Waals surface area contributed by atoms with Crippen molar-refractivity contribution in [3.8, 4) is 11.3 Å². The molecule has 3 heterocycles. The summed E-state index contributed by atoms with van der Waals surface area (Å²) in [7, 11) is 0. The van der Waals surface area contributed by atoms with Gasteiger partial charge in [0.1, 0.15) is 0 Å². The summed E-state index contributed by atoms with van der Waals surface area (Å²) in [5.41, 5.74) is 4.60. The van der Waals surface area contributed by atoms with Gasteiger partial charge < -0.3 is 10.4 Å². The highest BCUT2D eigenvalue weighted by atomic mass is 127. The lowest BCUT2D eigenvalue weighted by molar-refractivity contribution is 0.0986. The van der Waals surface area contributed by atoms with Gasteiger partial charge in [0.05, 0.1) is 23.4 Å². The molecule has 1 atom stereocenters. The Morgan fingerprint density at radius 1 is 1.30 bits per heavy atom. The van der Waals surface area contributed by atoms with Gasteiger partial charge in [0.25, 0.3) is 0 Å². The molecular formula is C19H24ClIN4OS. The molecule has 27 heavy (non-hydrogen) atoms. The smallest absolute Gasteiger partial charge is 0.0971 e. The second-order valence-electron chi connectivity index (χ2n) is 7.08. The van der Waals surface area contributed by atoms with Crippen molar-refractivity contribution in [2.75, 3.05) is 37.7 Å². The van der Waals surface area contributed by atoms with Crippen molar-refractivity contribution in [2.24, 2.45) is 0 Å². The van der Waals surface area contributed by atoms with Crippen LogP contribution in [-0.4, -0.2) is 63.6 Å². The number of β-amino-alcohol motifs (C(OH)–C–C–N with tert-alkyl or cyclic N) is 1. The van der Waals surface area contributed by atoms with E-state index in [0.29, 0.717) is 6.54 Å². The van der Waals surface area contributed by atoms with Gasteiger partial charge in [-0.05, 0) is 34.7 Å². The third kappa shape index (κ3) is 4.64. The summed E-state index contributed by atoms with van der Waals surface area (Å²) >= 11 is 10.4. The minimum absolute atomic E-state index is 0.398. The molecule has 8 heteroatoms. The van der Waals surface area contributed by atoms with Crippen LogP contribution in [0.4, 0.5) is 0 Å². The van der Waals surface area contributed by atoms with Crippen LogP contribution in [0.25, 0.3) is 11.3 Å². The SMILES string of the molecule is OC(CN1CCSCC1)Cn1nc(-c2ccc(Cl)c(I)c2)c2c1CCNC2.